The Morgan fingerprint density at radius 2 is 1.93 bits per heavy atom. The zero-order valence-corrected chi connectivity index (χ0v) is 8.75. The monoisotopic (exact) mass is 248 g/mol. The largest absolute Gasteiger partial charge is 0.392 e. The lowest BCUT2D eigenvalue weighted by Crippen LogP contribution is -2.04. The molecule has 0 spiro atoms. The zero-order chi connectivity index (χ0) is 11.4. The van der Waals surface area contributed by atoms with Crippen LogP contribution in [0, 0.1) is 0 Å². The molecule has 0 radical (unpaired) electrons. The second kappa shape index (κ2) is 4.84. The first-order valence-corrected chi connectivity index (χ1v) is 5.82. The molecule has 0 aliphatic rings. The Morgan fingerprint density at radius 1 is 1.43 bits per heavy atom. The van der Waals surface area contributed by atoms with E-state index in [1.807, 2.05) is 0 Å². The number of alkyl halides is 3. The Bertz CT molecular complexity index is 340. The van der Waals surface area contributed by atoms with Crippen molar-refractivity contribution in [2.45, 2.75) is 19.5 Å². The van der Waals surface area contributed by atoms with Gasteiger partial charge in [-0.25, -0.2) is 8.42 Å². The van der Waals surface area contributed by atoms with Gasteiger partial charge in [-0.15, -0.1) is 0 Å². The van der Waals surface area contributed by atoms with Gasteiger partial charge in [-0.2, -0.15) is 13.2 Å². The minimum absolute atomic E-state index is 0.344. The third-order valence-electron chi connectivity index (χ3n) is 1.20. The van der Waals surface area contributed by atoms with Crippen LogP contribution in [-0.2, 0) is 9.05 Å². The van der Waals surface area contributed by atoms with Crippen LogP contribution >= 0.6 is 10.7 Å². The van der Waals surface area contributed by atoms with Gasteiger partial charge in [-0.1, -0.05) is 12.2 Å². The number of hydrogen-bond acceptors (Lipinski definition) is 2. The SMILES string of the molecule is C/C=C(\C=C/CC(F)(F)F)S(=O)(=O)Cl. The summed E-state index contributed by atoms with van der Waals surface area (Å²) in [6.07, 6.45) is -2.87. The van der Waals surface area contributed by atoms with Crippen LogP contribution in [0.2, 0.25) is 0 Å². The van der Waals surface area contributed by atoms with E-state index in [0.717, 1.165) is 12.2 Å². The van der Waals surface area contributed by atoms with Crippen LogP contribution in [0.5, 0.6) is 0 Å². The molecule has 14 heavy (non-hydrogen) atoms. The van der Waals surface area contributed by atoms with Crippen LogP contribution in [-0.4, -0.2) is 14.6 Å². The molecule has 0 unspecified atom stereocenters. The summed E-state index contributed by atoms with van der Waals surface area (Å²) in [6.45, 7) is 1.37. The standard InChI is InChI=1S/C7H8ClF3O2S/c1-2-6(14(8,12)13)4-3-5-7(9,10)11/h2-4H,5H2,1H3/b4-3-,6-2+. The lowest BCUT2D eigenvalue weighted by atomic mass is 10.3. The average molecular weight is 249 g/mol. The zero-order valence-electron chi connectivity index (χ0n) is 7.18. The van der Waals surface area contributed by atoms with E-state index in [9.17, 15) is 21.6 Å². The number of halogens is 4. The third kappa shape index (κ3) is 6.04. The van der Waals surface area contributed by atoms with Gasteiger partial charge in [0, 0.05) is 10.7 Å². The Hall–Kier alpha value is -0.490. The first-order chi connectivity index (χ1) is 6.17. The van der Waals surface area contributed by atoms with E-state index in [4.69, 9.17) is 10.7 Å². The molecule has 2 nitrogen and oxygen atoms in total. The molecule has 82 valence electrons. The van der Waals surface area contributed by atoms with E-state index in [2.05, 4.69) is 0 Å². The molecule has 0 rings (SSSR count). The predicted molar refractivity (Wildman–Crippen MR) is 48.3 cm³/mol. The molecule has 0 amide bonds. The predicted octanol–water partition coefficient (Wildman–Crippen LogP) is 2.97. The average Bonchev–Trinajstić information content (AvgIpc) is 1.93. The highest BCUT2D eigenvalue weighted by Crippen LogP contribution is 2.21. The topological polar surface area (TPSA) is 34.1 Å². The number of rotatable bonds is 3. The van der Waals surface area contributed by atoms with Crippen LogP contribution in [0.3, 0.4) is 0 Å². The quantitative estimate of drug-likeness (QED) is 0.568. The van der Waals surface area contributed by atoms with Crippen LogP contribution in [0.4, 0.5) is 13.2 Å². The highest BCUT2D eigenvalue weighted by Gasteiger charge is 2.24. The molecule has 0 aliphatic carbocycles. The van der Waals surface area contributed by atoms with Gasteiger partial charge in [0.1, 0.15) is 0 Å². The molecule has 0 bridgehead atoms. The Labute approximate surface area is 84.5 Å². The molecule has 0 N–H and O–H groups in total. The second-order valence-corrected chi connectivity index (χ2v) is 4.92. The van der Waals surface area contributed by atoms with E-state index < -0.39 is 21.6 Å². The van der Waals surface area contributed by atoms with E-state index in [1.54, 1.807) is 0 Å². The van der Waals surface area contributed by atoms with Gasteiger partial charge in [0.25, 0.3) is 9.05 Å². The van der Waals surface area contributed by atoms with E-state index in [0.29, 0.717) is 6.08 Å². The van der Waals surface area contributed by atoms with Gasteiger partial charge in [0.15, 0.2) is 0 Å². The first-order valence-electron chi connectivity index (χ1n) is 3.51. The highest BCUT2D eigenvalue weighted by molar-refractivity contribution is 8.17. The smallest absolute Gasteiger partial charge is 0.207 e. The molecule has 0 aromatic rings. The maximum Gasteiger partial charge on any atom is 0.392 e. The number of allylic oxidation sites excluding steroid dienone is 3. The fourth-order valence-electron chi connectivity index (χ4n) is 0.627. The molecular weight excluding hydrogens is 241 g/mol. The lowest BCUT2D eigenvalue weighted by Gasteiger charge is -2.00. The Kier molecular flexibility index (Phi) is 4.67. The van der Waals surface area contributed by atoms with Crippen molar-refractivity contribution >= 4 is 19.7 Å². The summed E-state index contributed by atoms with van der Waals surface area (Å²) in [4.78, 5) is -0.344. The van der Waals surface area contributed by atoms with Gasteiger partial charge in [-0.05, 0) is 13.0 Å². The van der Waals surface area contributed by atoms with Gasteiger partial charge in [0.05, 0.1) is 11.3 Å². The van der Waals surface area contributed by atoms with Crippen molar-refractivity contribution < 1.29 is 21.6 Å². The van der Waals surface area contributed by atoms with Crippen molar-refractivity contribution in [2.24, 2.45) is 0 Å². The Morgan fingerprint density at radius 3 is 2.21 bits per heavy atom. The Balaban J connectivity index is 4.53. The highest BCUT2D eigenvalue weighted by atomic mass is 35.7. The first kappa shape index (κ1) is 13.5. The molecule has 7 heteroatoms. The van der Waals surface area contributed by atoms with Crippen LogP contribution < -0.4 is 0 Å². The van der Waals surface area contributed by atoms with E-state index in [-0.39, 0.29) is 4.91 Å². The summed E-state index contributed by atoms with van der Waals surface area (Å²) < 4.78 is 56.3. The third-order valence-corrected chi connectivity index (χ3v) is 2.67. The van der Waals surface area contributed by atoms with Gasteiger partial charge in [0.2, 0.25) is 0 Å². The van der Waals surface area contributed by atoms with Crippen molar-refractivity contribution in [2.75, 3.05) is 0 Å². The minimum Gasteiger partial charge on any atom is -0.207 e. The lowest BCUT2D eigenvalue weighted by molar-refractivity contribution is -0.125. The van der Waals surface area contributed by atoms with Crippen LogP contribution in [0.25, 0.3) is 0 Å². The van der Waals surface area contributed by atoms with Gasteiger partial charge in [-0.3, -0.25) is 0 Å². The van der Waals surface area contributed by atoms with Gasteiger partial charge >= 0.3 is 6.18 Å². The molecule has 0 saturated heterocycles. The van der Waals surface area contributed by atoms with Crippen molar-refractivity contribution in [1.29, 1.82) is 0 Å². The minimum atomic E-state index is -4.34. The fraction of sp³-hybridized carbons (Fsp3) is 0.429. The molecule has 0 fully saturated rings. The van der Waals surface area contributed by atoms with Crippen molar-refractivity contribution in [1.82, 2.24) is 0 Å². The van der Waals surface area contributed by atoms with Crippen molar-refractivity contribution in [3.05, 3.63) is 23.1 Å². The fourth-order valence-corrected chi connectivity index (χ4v) is 1.59. The summed E-state index contributed by atoms with van der Waals surface area (Å²) in [5, 5.41) is 0. The normalized spacial score (nSPS) is 15.1. The summed E-state index contributed by atoms with van der Waals surface area (Å²) in [5.74, 6) is 0. The summed E-state index contributed by atoms with van der Waals surface area (Å²) in [6, 6.07) is 0. The van der Waals surface area contributed by atoms with E-state index in [1.165, 1.54) is 6.92 Å². The molecule has 0 aromatic carbocycles. The van der Waals surface area contributed by atoms with E-state index >= 15 is 0 Å². The molecular formula is C7H8ClF3O2S. The summed E-state index contributed by atoms with van der Waals surface area (Å²) in [5.41, 5.74) is 0. The van der Waals surface area contributed by atoms with Crippen molar-refractivity contribution in [3.63, 3.8) is 0 Å². The van der Waals surface area contributed by atoms with Gasteiger partial charge < -0.3 is 0 Å². The molecule has 0 aliphatic heterocycles. The number of hydrogen-bond donors (Lipinski definition) is 0. The molecule has 0 saturated carbocycles. The summed E-state index contributed by atoms with van der Waals surface area (Å²) in [7, 11) is 0.967. The van der Waals surface area contributed by atoms with Crippen LogP contribution in [0.1, 0.15) is 13.3 Å². The molecule has 0 atom stereocenters. The molecule has 0 aromatic heterocycles. The maximum atomic E-state index is 11.7. The van der Waals surface area contributed by atoms with Crippen molar-refractivity contribution in [3.8, 4) is 0 Å². The van der Waals surface area contributed by atoms with Crippen LogP contribution in [0.15, 0.2) is 23.1 Å². The summed E-state index contributed by atoms with van der Waals surface area (Å²) >= 11 is 0. The second-order valence-electron chi connectivity index (χ2n) is 2.35. The molecule has 0 heterocycles. The maximum absolute atomic E-state index is 11.7.